The highest BCUT2D eigenvalue weighted by Crippen LogP contribution is 2.29. The van der Waals surface area contributed by atoms with Crippen LogP contribution < -0.4 is 5.32 Å². The molecule has 0 radical (unpaired) electrons. The van der Waals surface area contributed by atoms with Gasteiger partial charge in [0.05, 0.1) is 11.4 Å². The molecule has 0 amide bonds. The average Bonchev–Trinajstić information content (AvgIpc) is 3.20. The highest BCUT2D eigenvalue weighted by Gasteiger charge is 2.28. The van der Waals surface area contributed by atoms with Gasteiger partial charge in [0, 0.05) is 42.4 Å². The van der Waals surface area contributed by atoms with Gasteiger partial charge in [0.15, 0.2) is 0 Å². The van der Waals surface area contributed by atoms with Crippen molar-refractivity contribution in [3.05, 3.63) is 34.5 Å². The van der Waals surface area contributed by atoms with E-state index in [1.807, 2.05) is 6.92 Å². The lowest BCUT2D eigenvalue weighted by atomic mass is 9.97. The number of aromatic nitrogens is 3. The fourth-order valence-corrected chi connectivity index (χ4v) is 4.01. The van der Waals surface area contributed by atoms with Gasteiger partial charge in [0.2, 0.25) is 0 Å². The zero-order valence-electron chi connectivity index (χ0n) is 15.6. The lowest BCUT2D eigenvalue weighted by molar-refractivity contribution is 0.329. The van der Waals surface area contributed by atoms with Crippen molar-refractivity contribution < 1.29 is 4.52 Å². The second-order valence-electron chi connectivity index (χ2n) is 7.50. The first-order valence-corrected chi connectivity index (χ1v) is 9.16. The maximum Gasteiger partial charge on any atom is 0.137 e. The van der Waals surface area contributed by atoms with Crippen LogP contribution in [0, 0.1) is 26.7 Å². The average molecular weight is 330 g/mol. The van der Waals surface area contributed by atoms with E-state index in [1.165, 1.54) is 30.5 Å². The van der Waals surface area contributed by atoms with Crippen LogP contribution in [0.15, 0.2) is 10.6 Å². The van der Waals surface area contributed by atoms with Gasteiger partial charge in [-0.3, -0.25) is 4.68 Å². The Morgan fingerprint density at radius 2 is 2.08 bits per heavy atom. The molecule has 5 nitrogen and oxygen atoms in total. The lowest BCUT2D eigenvalue weighted by Crippen LogP contribution is -2.33. The number of hydrogen-bond acceptors (Lipinski definition) is 4. The molecule has 1 N–H and O–H groups in total. The highest BCUT2D eigenvalue weighted by molar-refractivity contribution is 5.25. The van der Waals surface area contributed by atoms with E-state index in [0.29, 0.717) is 18.0 Å². The van der Waals surface area contributed by atoms with E-state index in [4.69, 9.17) is 9.62 Å². The van der Waals surface area contributed by atoms with Crippen LogP contribution in [0.4, 0.5) is 0 Å². The smallest absolute Gasteiger partial charge is 0.137 e. The molecule has 2 aromatic heterocycles. The van der Waals surface area contributed by atoms with Crippen molar-refractivity contribution in [2.45, 2.75) is 78.9 Å². The van der Waals surface area contributed by atoms with Crippen LogP contribution in [0.1, 0.15) is 67.6 Å². The van der Waals surface area contributed by atoms with Crippen molar-refractivity contribution in [3.63, 3.8) is 0 Å². The molecule has 0 spiro atoms. The first-order valence-electron chi connectivity index (χ1n) is 9.16. The Labute approximate surface area is 144 Å². The van der Waals surface area contributed by atoms with Gasteiger partial charge >= 0.3 is 0 Å². The number of nitrogens with zero attached hydrogens (tertiary/aromatic N) is 3. The van der Waals surface area contributed by atoms with E-state index in [1.54, 1.807) is 0 Å². The van der Waals surface area contributed by atoms with Crippen LogP contribution >= 0.6 is 0 Å². The predicted molar refractivity (Wildman–Crippen MR) is 95.0 cm³/mol. The van der Waals surface area contributed by atoms with Crippen molar-refractivity contribution in [2.24, 2.45) is 5.92 Å². The summed E-state index contributed by atoms with van der Waals surface area (Å²) in [7, 11) is 0. The van der Waals surface area contributed by atoms with Gasteiger partial charge in [0.1, 0.15) is 5.76 Å². The van der Waals surface area contributed by atoms with Gasteiger partial charge < -0.3 is 9.84 Å². The van der Waals surface area contributed by atoms with E-state index < -0.39 is 0 Å². The van der Waals surface area contributed by atoms with Crippen molar-refractivity contribution >= 4 is 0 Å². The summed E-state index contributed by atoms with van der Waals surface area (Å²) in [5, 5.41) is 12.5. The van der Waals surface area contributed by atoms with Crippen molar-refractivity contribution in [3.8, 4) is 0 Å². The normalized spacial score (nSPS) is 21.1. The summed E-state index contributed by atoms with van der Waals surface area (Å²) in [4.78, 5) is 0. The Bertz CT molecular complexity index is 686. The molecule has 2 heterocycles. The molecule has 1 saturated carbocycles. The molecule has 0 aliphatic heterocycles. The van der Waals surface area contributed by atoms with E-state index in [2.05, 4.69) is 48.9 Å². The fourth-order valence-electron chi connectivity index (χ4n) is 4.01. The SMILES string of the molecule is Cc1cc(C[C@@H]2CCC[C@H]2NCc2c(C)nn(C(C)C)c2C)on1. The lowest BCUT2D eigenvalue weighted by Gasteiger charge is -2.20. The highest BCUT2D eigenvalue weighted by atomic mass is 16.5. The maximum atomic E-state index is 5.41. The maximum absolute atomic E-state index is 5.41. The molecule has 132 valence electrons. The van der Waals surface area contributed by atoms with E-state index >= 15 is 0 Å². The summed E-state index contributed by atoms with van der Waals surface area (Å²) in [6, 6.07) is 3.03. The third kappa shape index (κ3) is 3.56. The van der Waals surface area contributed by atoms with E-state index in [9.17, 15) is 0 Å². The minimum absolute atomic E-state index is 0.409. The Balaban J connectivity index is 1.63. The molecule has 0 bridgehead atoms. The summed E-state index contributed by atoms with van der Waals surface area (Å²) in [6.07, 6.45) is 4.79. The molecule has 0 aromatic carbocycles. The van der Waals surface area contributed by atoms with Crippen LogP contribution in [-0.2, 0) is 13.0 Å². The van der Waals surface area contributed by atoms with Crippen molar-refractivity contribution in [1.29, 1.82) is 0 Å². The third-order valence-corrected chi connectivity index (χ3v) is 5.30. The molecule has 0 unspecified atom stereocenters. The van der Waals surface area contributed by atoms with E-state index in [0.717, 1.165) is 30.1 Å². The second-order valence-corrected chi connectivity index (χ2v) is 7.50. The molecular weight excluding hydrogens is 300 g/mol. The first-order chi connectivity index (χ1) is 11.5. The molecule has 1 aliphatic rings. The summed E-state index contributed by atoms with van der Waals surface area (Å²) >= 11 is 0. The van der Waals surface area contributed by atoms with Crippen molar-refractivity contribution in [2.75, 3.05) is 0 Å². The van der Waals surface area contributed by atoms with E-state index in [-0.39, 0.29) is 0 Å². The molecule has 0 saturated heterocycles. The van der Waals surface area contributed by atoms with Gasteiger partial charge in [-0.1, -0.05) is 11.6 Å². The Morgan fingerprint density at radius 1 is 1.29 bits per heavy atom. The van der Waals surface area contributed by atoms with Crippen LogP contribution in [0.2, 0.25) is 0 Å². The minimum atomic E-state index is 0.409. The van der Waals surface area contributed by atoms with Crippen LogP contribution in [0.5, 0.6) is 0 Å². The number of rotatable bonds is 6. The predicted octanol–water partition coefficient (Wildman–Crippen LogP) is 3.88. The van der Waals surface area contributed by atoms with Gasteiger partial charge in [-0.05, 0) is 53.4 Å². The number of hydrogen-bond donors (Lipinski definition) is 1. The van der Waals surface area contributed by atoms with Gasteiger partial charge in [0.25, 0.3) is 0 Å². The Morgan fingerprint density at radius 3 is 2.71 bits per heavy atom. The molecule has 2 atom stereocenters. The molecule has 3 rings (SSSR count). The first kappa shape index (κ1) is 17.2. The van der Waals surface area contributed by atoms with Crippen molar-refractivity contribution in [1.82, 2.24) is 20.3 Å². The van der Waals surface area contributed by atoms with Crippen LogP contribution in [-0.4, -0.2) is 21.0 Å². The third-order valence-electron chi connectivity index (χ3n) is 5.30. The fraction of sp³-hybridized carbons (Fsp3) is 0.684. The number of aryl methyl sites for hydroxylation is 2. The summed E-state index contributed by atoms with van der Waals surface area (Å²) in [5.41, 5.74) is 4.76. The number of nitrogens with one attached hydrogen (secondary N) is 1. The van der Waals surface area contributed by atoms with Crippen LogP contribution in [0.25, 0.3) is 0 Å². The molecule has 2 aromatic rings. The summed E-state index contributed by atoms with van der Waals surface area (Å²) in [5.74, 6) is 1.66. The zero-order valence-corrected chi connectivity index (χ0v) is 15.6. The topological polar surface area (TPSA) is 55.9 Å². The Kier molecular flexibility index (Phi) is 5.09. The Hall–Kier alpha value is -1.62. The summed E-state index contributed by atoms with van der Waals surface area (Å²) in [6.45, 7) is 11.6. The monoisotopic (exact) mass is 330 g/mol. The van der Waals surface area contributed by atoms with Gasteiger partial charge in [-0.25, -0.2) is 0 Å². The second kappa shape index (κ2) is 7.09. The van der Waals surface area contributed by atoms with Crippen LogP contribution in [0.3, 0.4) is 0 Å². The quantitative estimate of drug-likeness (QED) is 0.873. The zero-order chi connectivity index (χ0) is 17.3. The minimum Gasteiger partial charge on any atom is -0.361 e. The molecule has 1 aliphatic carbocycles. The van der Waals surface area contributed by atoms with Gasteiger partial charge in [-0.15, -0.1) is 0 Å². The molecule has 5 heteroatoms. The van der Waals surface area contributed by atoms with Gasteiger partial charge in [-0.2, -0.15) is 5.10 Å². The molecule has 1 fully saturated rings. The summed E-state index contributed by atoms with van der Waals surface area (Å²) < 4.78 is 7.55. The largest absolute Gasteiger partial charge is 0.361 e. The molecular formula is C19H30N4O. The molecule has 24 heavy (non-hydrogen) atoms. The standard InChI is InChI=1S/C19H30N4O/c1-12(2)23-15(5)18(14(4)21-23)11-20-19-8-6-7-16(19)10-17-9-13(3)22-24-17/h9,12,16,19-20H,6-8,10-11H2,1-5H3/t16-,19+/m0/s1.